The van der Waals surface area contributed by atoms with E-state index in [2.05, 4.69) is 37.4 Å². The number of benzene rings is 2. The van der Waals surface area contributed by atoms with Gasteiger partial charge < -0.3 is 5.32 Å². The molecule has 0 heterocycles. The standard InChI is InChI=1S/C16H18N2O2/c1-12-3-4-15(9-13(12)2)11-17-10-14-5-7-16(8-6-14)18(19)20/h3-9,17H,10-11H2,1-2H3. The first-order valence-electron chi connectivity index (χ1n) is 6.56. The Morgan fingerprint density at radius 3 is 2.15 bits per heavy atom. The third kappa shape index (κ3) is 3.65. The molecule has 4 nitrogen and oxygen atoms in total. The predicted molar refractivity (Wildman–Crippen MR) is 79.6 cm³/mol. The molecule has 0 fully saturated rings. The van der Waals surface area contributed by atoms with Gasteiger partial charge in [-0.2, -0.15) is 0 Å². The molecule has 0 aliphatic heterocycles. The number of nitro benzene ring substituents is 1. The van der Waals surface area contributed by atoms with E-state index in [4.69, 9.17) is 0 Å². The van der Waals surface area contributed by atoms with Crippen LogP contribution >= 0.6 is 0 Å². The molecule has 20 heavy (non-hydrogen) atoms. The summed E-state index contributed by atoms with van der Waals surface area (Å²) in [5.74, 6) is 0. The Hall–Kier alpha value is -2.20. The molecule has 0 aromatic heterocycles. The number of hydrogen-bond donors (Lipinski definition) is 1. The summed E-state index contributed by atoms with van der Waals surface area (Å²) in [4.78, 5) is 10.2. The summed E-state index contributed by atoms with van der Waals surface area (Å²) in [5.41, 5.74) is 5.00. The maximum atomic E-state index is 10.6. The molecule has 0 radical (unpaired) electrons. The van der Waals surface area contributed by atoms with Crippen LogP contribution in [0.4, 0.5) is 5.69 Å². The fourth-order valence-corrected chi connectivity index (χ4v) is 2.00. The lowest BCUT2D eigenvalue weighted by Crippen LogP contribution is -2.12. The van der Waals surface area contributed by atoms with Gasteiger partial charge in [-0.1, -0.05) is 30.3 Å². The van der Waals surface area contributed by atoms with Crippen LogP contribution < -0.4 is 5.32 Å². The van der Waals surface area contributed by atoms with Crippen molar-refractivity contribution in [3.63, 3.8) is 0 Å². The molecule has 2 rings (SSSR count). The van der Waals surface area contributed by atoms with Crippen molar-refractivity contribution in [1.82, 2.24) is 5.32 Å². The van der Waals surface area contributed by atoms with Gasteiger partial charge in [-0.3, -0.25) is 10.1 Å². The van der Waals surface area contributed by atoms with Crippen molar-refractivity contribution in [3.8, 4) is 0 Å². The number of nitrogens with zero attached hydrogens (tertiary/aromatic N) is 1. The van der Waals surface area contributed by atoms with Gasteiger partial charge in [0.05, 0.1) is 4.92 Å². The maximum Gasteiger partial charge on any atom is 0.269 e. The van der Waals surface area contributed by atoms with Gasteiger partial charge in [0.25, 0.3) is 5.69 Å². The largest absolute Gasteiger partial charge is 0.309 e. The maximum absolute atomic E-state index is 10.6. The molecule has 104 valence electrons. The minimum atomic E-state index is -0.383. The van der Waals surface area contributed by atoms with E-state index < -0.39 is 0 Å². The van der Waals surface area contributed by atoms with Crippen molar-refractivity contribution in [3.05, 3.63) is 74.8 Å². The van der Waals surface area contributed by atoms with Gasteiger partial charge in [0.1, 0.15) is 0 Å². The molecule has 0 saturated carbocycles. The van der Waals surface area contributed by atoms with Crippen LogP contribution in [0.5, 0.6) is 0 Å². The van der Waals surface area contributed by atoms with Gasteiger partial charge >= 0.3 is 0 Å². The number of nitrogens with one attached hydrogen (secondary N) is 1. The first-order valence-corrected chi connectivity index (χ1v) is 6.56. The molecule has 0 saturated heterocycles. The SMILES string of the molecule is Cc1ccc(CNCc2ccc([N+](=O)[O-])cc2)cc1C. The predicted octanol–water partition coefficient (Wildman–Crippen LogP) is 3.50. The molecule has 0 spiro atoms. The first-order chi connectivity index (χ1) is 9.56. The number of hydrogen-bond acceptors (Lipinski definition) is 3. The van der Waals surface area contributed by atoms with E-state index >= 15 is 0 Å². The summed E-state index contributed by atoms with van der Waals surface area (Å²) in [5, 5.41) is 13.9. The van der Waals surface area contributed by atoms with E-state index in [0.717, 1.165) is 12.1 Å². The van der Waals surface area contributed by atoms with E-state index in [9.17, 15) is 10.1 Å². The Bertz CT molecular complexity index is 606. The van der Waals surface area contributed by atoms with Crippen LogP contribution in [-0.2, 0) is 13.1 Å². The highest BCUT2D eigenvalue weighted by atomic mass is 16.6. The second-order valence-corrected chi connectivity index (χ2v) is 4.95. The minimum absolute atomic E-state index is 0.128. The van der Waals surface area contributed by atoms with Gasteiger partial charge in [-0.25, -0.2) is 0 Å². The molecule has 2 aromatic rings. The Kier molecular flexibility index (Phi) is 4.48. The number of rotatable bonds is 5. The molecule has 0 bridgehead atoms. The Morgan fingerprint density at radius 1 is 0.950 bits per heavy atom. The van der Waals surface area contributed by atoms with E-state index in [1.165, 1.54) is 28.8 Å². The van der Waals surface area contributed by atoms with Gasteiger partial charge in [0, 0.05) is 25.2 Å². The number of non-ortho nitro benzene ring substituents is 1. The number of aryl methyl sites for hydroxylation is 2. The summed E-state index contributed by atoms with van der Waals surface area (Å²) in [7, 11) is 0. The van der Waals surface area contributed by atoms with Crippen molar-refractivity contribution >= 4 is 5.69 Å². The fourth-order valence-electron chi connectivity index (χ4n) is 2.00. The van der Waals surface area contributed by atoms with Crippen molar-refractivity contribution in [2.75, 3.05) is 0 Å². The monoisotopic (exact) mass is 270 g/mol. The highest BCUT2D eigenvalue weighted by molar-refractivity contribution is 5.33. The third-order valence-electron chi connectivity index (χ3n) is 3.38. The van der Waals surface area contributed by atoms with E-state index in [0.29, 0.717) is 6.54 Å². The van der Waals surface area contributed by atoms with Crippen LogP contribution in [0.1, 0.15) is 22.3 Å². The van der Waals surface area contributed by atoms with Crippen molar-refractivity contribution in [1.29, 1.82) is 0 Å². The molecular weight excluding hydrogens is 252 g/mol. The van der Waals surface area contributed by atoms with Crippen LogP contribution in [0.25, 0.3) is 0 Å². The molecule has 0 aliphatic rings. The van der Waals surface area contributed by atoms with Crippen LogP contribution in [0.3, 0.4) is 0 Å². The molecule has 0 aliphatic carbocycles. The van der Waals surface area contributed by atoms with Crippen LogP contribution in [0, 0.1) is 24.0 Å². The van der Waals surface area contributed by atoms with Gasteiger partial charge in [0.2, 0.25) is 0 Å². The molecule has 2 aromatic carbocycles. The Balaban J connectivity index is 1.89. The summed E-state index contributed by atoms with van der Waals surface area (Å²) < 4.78 is 0. The topological polar surface area (TPSA) is 55.2 Å². The summed E-state index contributed by atoms with van der Waals surface area (Å²) in [6.45, 7) is 5.70. The highest BCUT2D eigenvalue weighted by Gasteiger charge is 2.03. The van der Waals surface area contributed by atoms with E-state index in [1.807, 2.05) is 0 Å². The molecular formula is C16H18N2O2. The van der Waals surface area contributed by atoms with Gasteiger partial charge in [-0.05, 0) is 36.1 Å². The molecule has 1 N–H and O–H groups in total. The zero-order valence-corrected chi connectivity index (χ0v) is 11.7. The molecule has 0 amide bonds. The average molecular weight is 270 g/mol. The van der Waals surface area contributed by atoms with Crippen LogP contribution in [-0.4, -0.2) is 4.92 Å². The highest BCUT2D eigenvalue weighted by Crippen LogP contribution is 2.12. The van der Waals surface area contributed by atoms with Crippen LogP contribution in [0.15, 0.2) is 42.5 Å². The van der Waals surface area contributed by atoms with Crippen LogP contribution in [0.2, 0.25) is 0 Å². The summed E-state index contributed by atoms with van der Waals surface area (Å²) >= 11 is 0. The fraction of sp³-hybridized carbons (Fsp3) is 0.250. The van der Waals surface area contributed by atoms with Crippen molar-refractivity contribution in [2.45, 2.75) is 26.9 Å². The van der Waals surface area contributed by atoms with Crippen molar-refractivity contribution < 1.29 is 4.92 Å². The van der Waals surface area contributed by atoms with Crippen molar-refractivity contribution in [2.24, 2.45) is 0 Å². The number of nitro groups is 1. The summed E-state index contributed by atoms with van der Waals surface area (Å²) in [6, 6.07) is 13.1. The lowest BCUT2D eigenvalue weighted by molar-refractivity contribution is -0.384. The molecule has 4 heteroatoms. The van der Waals surface area contributed by atoms with E-state index in [1.54, 1.807) is 12.1 Å². The third-order valence-corrected chi connectivity index (χ3v) is 3.38. The Morgan fingerprint density at radius 2 is 1.55 bits per heavy atom. The normalized spacial score (nSPS) is 10.5. The molecule has 0 atom stereocenters. The quantitative estimate of drug-likeness (QED) is 0.668. The summed E-state index contributed by atoms with van der Waals surface area (Å²) in [6.07, 6.45) is 0. The van der Waals surface area contributed by atoms with E-state index in [-0.39, 0.29) is 10.6 Å². The smallest absolute Gasteiger partial charge is 0.269 e. The second-order valence-electron chi connectivity index (χ2n) is 4.95. The minimum Gasteiger partial charge on any atom is -0.309 e. The Labute approximate surface area is 118 Å². The lowest BCUT2D eigenvalue weighted by atomic mass is 10.1. The van der Waals surface area contributed by atoms with Gasteiger partial charge in [0.15, 0.2) is 0 Å². The molecule has 0 unspecified atom stereocenters. The average Bonchev–Trinajstić information content (AvgIpc) is 2.43. The van der Waals surface area contributed by atoms with Gasteiger partial charge in [-0.15, -0.1) is 0 Å². The first kappa shape index (κ1) is 14.2. The lowest BCUT2D eigenvalue weighted by Gasteiger charge is -2.07. The second kappa shape index (κ2) is 6.30. The zero-order chi connectivity index (χ0) is 14.5. The zero-order valence-electron chi connectivity index (χ0n) is 11.7.